The van der Waals surface area contributed by atoms with E-state index in [1.54, 1.807) is 13.0 Å². The van der Waals surface area contributed by atoms with Gasteiger partial charge in [-0.15, -0.1) is 0 Å². The highest BCUT2D eigenvalue weighted by molar-refractivity contribution is 7.83. The molecule has 0 saturated carbocycles. The molecule has 0 aliphatic carbocycles. The summed E-state index contributed by atoms with van der Waals surface area (Å²) in [4.78, 5) is 0.183. The summed E-state index contributed by atoms with van der Waals surface area (Å²) >= 11 is -1.95. The highest BCUT2D eigenvalue weighted by atomic mass is 32.2. The van der Waals surface area contributed by atoms with Gasteiger partial charge < -0.3 is 4.55 Å². The minimum Gasteiger partial charge on any atom is -0.302 e. The van der Waals surface area contributed by atoms with Gasteiger partial charge in [-0.25, -0.2) is 4.21 Å². The maximum absolute atomic E-state index is 10.2. The minimum atomic E-state index is -1.95. The quantitative estimate of drug-likeness (QED) is 0.502. The van der Waals surface area contributed by atoms with Crippen molar-refractivity contribution in [3.63, 3.8) is 0 Å². The number of allylic oxidation sites excluding steroid dienone is 3. The molecule has 10 heavy (non-hydrogen) atoms. The molecule has 1 unspecified atom stereocenters. The Balaban J connectivity index is 4.03. The van der Waals surface area contributed by atoms with Crippen molar-refractivity contribution < 1.29 is 8.76 Å². The van der Waals surface area contributed by atoms with Crippen molar-refractivity contribution in [2.45, 2.75) is 6.92 Å². The van der Waals surface area contributed by atoms with Gasteiger partial charge in [0.15, 0.2) is 11.1 Å². The number of rotatable bonds is 3. The van der Waals surface area contributed by atoms with Crippen LogP contribution in [0.3, 0.4) is 0 Å². The monoisotopic (exact) mass is 158 g/mol. The van der Waals surface area contributed by atoms with Crippen LogP contribution in [0.2, 0.25) is 0 Å². The predicted octanol–water partition coefficient (Wildman–Crippen LogP) is 1.85. The van der Waals surface area contributed by atoms with E-state index in [0.29, 0.717) is 0 Å². The molecule has 0 heterocycles. The van der Waals surface area contributed by atoms with E-state index in [4.69, 9.17) is 4.55 Å². The fourth-order valence-electron chi connectivity index (χ4n) is 0.293. The third-order valence-corrected chi connectivity index (χ3v) is 1.36. The summed E-state index contributed by atoms with van der Waals surface area (Å²) in [5, 5.41) is 0. The molecule has 2 nitrogen and oxygen atoms in total. The van der Waals surface area contributed by atoms with Crippen molar-refractivity contribution in [2.24, 2.45) is 0 Å². The second-order valence-corrected chi connectivity index (χ2v) is 2.92. The Morgan fingerprint density at radius 1 is 1.50 bits per heavy atom. The third-order valence-electron chi connectivity index (χ3n) is 0.778. The van der Waals surface area contributed by atoms with Crippen molar-refractivity contribution >= 4 is 11.1 Å². The molecule has 56 valence electrons. The van der Waals surface area contributed by atoms with Gasteiger partial charge in [-0.1, -0.05) is 24.8 Å². The number of hydrogen-bond acceptors (Lipinski definition) is 1. The van der Waals surface area contributed by atoms with Crippen LogP contribution < -0.4 is 0 Å². The van der Waals surface area contributed by atoms with Crippen LogP contribution in [-0.2, 0) is 11.1 Å². The van der Waals surface area contributed by atoms with Crippen molar-refractivity contribution in [1.29, 1.82) is 0 Å². The first-order chi connectivity index (χ1) is 4.54. The zero-order chi connectivity index (χ0) is 8.15. The molecule has 0 aromatic heterocycles. The molecule has 1 N–H and O–H groups in total. The number of hydrogen-bond donors (Lipinski definition) is 1. The Morgan fingerprint density at radius 2 is 2.00 bits per heavy atom. The Labute approximate surface area is 63.2 Å². The van der Waals surface area contributed by atoms with E-state index >= 15 is 0 Å². The van der Waals surface area contributed by atoms with E-state index in [0.717, 1.165) is 5.57 Å². The van der Waals surface area contributed by atoms with Crippen LogP contribution in [0.1, 0.15) is 6.92 Å². The van der Waals surface area contributed by atoms with Crippen LogP contribution in [0.4, 0.5) is 0 Å². The second kappa shape index (κ2) is 4.19. The molecule has 0 aliphatic rings. The van der Waals surface area contributed by atoms with E-state index < -0.39 is 11.1 Å². The molecule has 0 fully saturated rings. The lowest BCUT2D eigenvalue weighted by atomic mass is 10.3. The summed E-state index contributed by atoms with van der Waals surface area (Å²) in [6.45, 7) is 8.72. The van der Waals surface area contributed by atoms with Gasteiger partial charge in [-0.2, -0.15) is 0 Å². The van der Waals surface area contributed by atoms with Crippen molar-refractivity contribution in [3.8, 4) is 0 Å². The first kappa shape index (κ1) is 9.33. The van der Waals surface area contributed by atoms with E-state index in [9.17, 15) is 4.21 Å². The van der Waals surface area contributed by atoms with Crippen molar-refractivity contribution in [2.75, 3.05) is 0 Å². The lowest BCUT2D eigenvalue weighted by molar-refractivity contribution is 0.572. The van der Waals surface area contributed by atoms with Gasteiger partial charge in [-0.3, -0.25) is 0 Å². The van der Waals surface area contributed by atoms with Crippen molar-refractivity contribution in [3.05, 3.63) is 35.8 Å². The maximum Gasteiger partial charge on any atom is 0.185 e. The highest BCUT2D eigenvalue weighted by Gasteiger charge is 1.92. The normalized spacial score (nSPS) is 13.4. The van der Waals surface area contributed by atoms with E-state index in [-0.39, 0.29) is 4.91 Å². The molecule has 0 aromatic carbocycles. The van der Waals surface area contributed by atoms with E-state index in [1.165, 1.54) is 6.08 Å². The average Bonchev–Trinajstić information content (AvgIpc) is 1.82. The Bertz CT molecular complexity index is 204. The molecular weight excluding hydrogens is 148 g/mol. The Hall–Kier alpha value is -0.670. The van der Waals surface area contributed by atoms with E-state index in [1.807, 2.05) is 0 Å². The molecule has 0 bridgehead atoms. The molecule has 0 rings (SSSR count). The van der Waals surface area contributed by atoms with Gasteiger partial charge in [0.25, 0.3) is 0 Å². The summed E-state index contributed by atoms with van der Waals surface area (Å²) in [6.07, 6.45) is 3.11. The molecular formula is C7H10O2S. The second-order valence-electron chi connectivity index (χ2n) is 1.90. The van der Waals surface area contributed by atoms with Crippen LogP contribution >= 0.6 is 0 Å². The molecule has 1 atom stereocenters. The molecule has 0 aromatic rings. The van der Waals surface area contributed by atoms with Gasteiger partial charge in [0.05, 0.1) is 4.91 Å². The smallest absolute Gasteiger partial charge is 0.185 e. The van der Waals surface area contributed by atoms with Gasteiger partial charge in [-0.05, 0) is 13.0 Å². The third kappa shape index (κ3) is 4.23. The van der Waals surface area contributed by atoms with Gasteiger partial charge in [0, 0.05) is 0 Å². The summed E-state index contributed by atoms with van der Waals surface area (Å²) in [5.41, 5.74) is 0.826. The van der Waals surface area contributed by atoms with Crippen LogP contribution in [0.15, 0.2) is 35.8 Å². The molecule has 0 amide bonds. The lowest BCUT2D eigenvalue weighted by Crippen LogP contribution is -1.85. The molecule has 0 spiro atoms. The summed E-state index contributed by atoms with van der Waals surface area (Å²) in [5.74, 6) is 0. The largest absolute Gasteiger partial charge is 0.302 e. The topological polar surface area (TPSA) is 37.3 Å². The Kier molecular flexibility index (Phi) is 3.91. The molecule has 0 saturated heterocycles. The molecule has 0 aliphatic heterocycles. The minimum absolute atomic E-state index is 0.183. The van der Waals surface area contributed by atoms with E-state index in [2.05, 4.69) is 13.2 Å². The molecule has 3 heteroatoms. The average molecular weight is 158 g/mol. The van der Waals surface area contributed by atoms with Crippen molar-refractivity contribution in [1.82, 2.24) is 0 Å². The summed E-state index contributed by atoms with van der Waals surface area (Å²) in [7, 11) is 0. The maximum atomic E-state index is 10.2. The van der Waals surface area contributed by atoms with Gasteiger partial charge in [0.1, 0.15) is 0 Å². The van der Waals surface area contributed by atoms with Crippen LogP contribution in [0.25, 0.3) is 0 Å². The summed E-state index contributed by atoms with van der Waals surface area (Å²) < 4.78 is 18.7. The zero-order valence-electron chi connectivity index (χ0n) is 5.83. The fourth-order valence-corrected chi connectivity index (χ4v) is 0.478. The first-order valence-electron chi connectivity index (χ1n) is 2.67. The van der Waals surface area contributed by atoms with Crippen LogP contribution in [-0.4, -0.2) is 8.76 Å². The molecule has 0 radical (unpaired) electrons. The lowest BCUT2D eigenvalue weighted by Gasteiger charge is -1.89. The van der Waals surface area contributed by atoms with Gasteiger partial charge >= 0.3 is 0 Å². The van der Waals surface area contributed by atoms with Crippen LogP contribution in [0.5, 0.6) is 0 Å². The zero-order valence-corrected chi connectivity index (χ0v) is 6.65. The Morgan fingerprint density at radius 3 is 2.30 bits per heavy atom. The highest BCUT2D eigenvalue weighted by Crippen LogP contribution is 1.99. The fraction of sp³-hybridized carbons (Fsp3) is 0.143. The predicted molar refractivity (Wildman–Crippen MR) is 43.9 cm³/mol. The van der Waals surface area contributed by atoms with Crippen LogP contribution in [0, 0.1) is 0 Å². The van der Waals surface area contributed by atoms with Gasteiger partial charge in [0.2, 0.25) is 0 Å². The standard InChI is InChI=1S/C7H10O2S/c1-6(2)4-5-7(3)10(8)9/h4-5H,1,3H2,2H3,(H,8,9)/b5-4-. The summed E-state index contributed by atoms with van der Waals surface area (Å²) in [6, 6.07) is 0. The first-order valence-corrected chi connectivity index (χ1v) is 3.78. The SMILES string of the molecule is C=C(C)/C=C\C(=C)S(=O)O.